The molecule has 2 heterocycles. The van der Waals surface area contributed by atoms with Gasteiger partial charge < -0.3 is 16.4 Å². The van der Waals surface area contributed by atoms with Gasteiger partial charge in [0.2, 0.25) is 0 Å². The van der Waals surface area contributed by atoms with Crippen LogP contribution in [0.2, 0.25) is 0 Å². The van der Waals surface area contributed by atoms with Crippen molar-refractivity contribution < 1.29 is 14.5 Å². The summed E-state index contributed by atoms with van der Waals surface area (Å²) in [4.78, 5) is 36.0. The van der Waals surface area contributed by atoms with Gasteiger partial charge in [-0.05, 0) is 51.8 Å². The first-order valence-electron chi connectivity index (χ1n) is 8.72. The van der Waals surface area contributed by atoms with Gasteiger partial charge >= 0.3 is 0 Å². The third kappa shape index (κ3) is 3.63. The number of carbonyl (C=O) groups is 2. The van der Waals surface area contributed by atoms with Gasteiger partial charge in [0.05, 0.1) is 10.5 Å². The Balaban J connectivity index is 1.99. The molecule has 0 spiro atoms. The van der Waals surface area contributed by atoms with Gasteiger partial charge in [0, 0.05) is 33.7 Å². The maximum absolute atomic E-state index is 12.6. The summed E-state index contributed by atoms with van der Waals surface area (Å²) >= 11 is 1.33. The molecule has 148 valence electrons. The van der Waals surface area contributed by atoms with E-state index in [1.165, 1.54) is 35.6 Å². The van der Waals surface area contributed by atoms with Crippen LogP contribution in [0.15, 0.2) is 24.3 Å². The predicted molar refractivity (Wildman–Crippen MR) is 108 cm³/mol. The maximum atomic E-state index is 12.6. The zero-order valence-electron chi connectivity index (χ0n) is 16.1. The number of thiophene rings is 1. The molecule has 0 unspecified atom stereocenters. The van der Waals surface area contributed by atoms with Gasteiger partial charge in [-0.15, -0.1) is 11.3 Å². The number of non-ortho nitro benzene ring substituents is 1. The molecule has 1 aromatic heterocycles. The zero-order valence-corrected chi connectivity index (χ0v) is 16.9. The van der Waals surface area contributed by atoms with Crippen molar-refractivity contribution in [1.29, 1.82) is 0 Å². The number of nitro groups is 1. The molecule has 0 atom stereocenters. The maximum Gasteiger partial charge on any atom is 0.269 e. The molecule has 2 aromatic rings. The summed E-state index contributed by atoms with van der Waals surface area (Å²) in [5, 5.41) is 17.5. The molecule has 9 heteroatoms. The largest absolute Gasteiger partial charge is 0.365 e. The fraction of sp³-hybridized carbons (Fsp3) is 0.368. The molecular weight excluding hydrogens is 380 g/mol. The first-order valence-corrected chi connectivity index (χ1v) is 9.54. The molecule has 0 bridgehead atoms. The van der Waals surface area contributed by atoms with Crippen molar-refractivity contribution in [3.8, 4) is 0 Å². The van der Waals surface area contributed by atoms with Crippen molar-refractivity contribution in [1.82, 2.24) is 5.32 Å². The monoisotopic (exact) mass is 402 g/mol. The second kappa shape index (κ2) is 6.68. The number of carbonyl (C=O) groups excluding carboxylic acids is 2. The first kappa shape index (κ1) is 20.0. The lowest BCUT2D eigenvalue weighted by Gasteiger charge is -2.42. The van der Waals surface area contributed by atoms with Crippen molar-refractivity contribution in [2.45, 2.75) is 45.2 Å². The van der Waals surface area contributed by atoms with E-state index in [2.05, 4.69) is 24.5 Å². The highest BCUT2D eigenvalue weighted by atomic mass is 32.1. The molecule has 28 heavy (non-hydrogen) atoms. The SMILES string of the molecule is CC1(C)Cc2c(sc(NC(=O)c3ccc([N+](=O)[O-])cc3)c2C(N)=O)C(C)(C)N1. The smallest absolute Gasteiger partial charge is 0.269 e. The van der Waals surface area contributed by atoms with Gasteiger partial charge in [-0.3, -0.25) is 19.7 Å². The Morgan fingerprint density at radius 1 is 1.21 bits per heavy atom. The third-order valence-electron chi connectivity index (χ3n) is 4.66. The first-order chi connectivity index (χ1) is 12.9. The molecule has 8 nitrogen and oxygen atoms in total. The Labute approximate surface area is 166 Å². The second-order valence-electron chi connectivity index (χ2n) is 8.05. The summed E-state index contributed by atoms with van der Waals surface area (Å²) in [6, 6.07) is 5.27. The van der Waals surface area contributed by atoms with E-state index in [-0.39, 0.29) is 22.3 Å². The minimum atomic E-state index is -0.593. The van der Waals surface area contributed by atoms with Gasteiger partial charge in [-0.1, -0.05) is 0 Å². The van der Waals surface area contributed by atoms with E-state index in [0.717, 1.165) is 10.4 Å². The number of hydrogen-bond donors (Lipinski definition) is 3. The lowest BCUT2D eigenvalue weighted by atomic mass is 9.81. The number of nitro benzene ring substituents is 1. The summed E-state index contributed by atoms with van der Waals surface area (Å²) in [7, 11) is 0. The average molecular weight is 402 g/mol. The molecule has 1 aromatic carbocycles. The molecule has 1 aliphatic rings. The average Bonchev–Trinajstić information content (AvgIpc) is 2.91. The number of rotatable bonds is 4. The fourth-order valence-electron chi connectivity index (χ4n) is 3.79. The van der Waals surface area contributed by atoms with Crippen LogP contribution in [0.1, 0.15) is 58.9 Å². The molecule has 3 rings (SSSR count). The third-order valence-corrected chi connectivity index (χ3v) is 6.13. The van der Waals surface area contributed by atoms with E-state index < -0.39 is 16.7 Å². The van der Waals surface area contributed by atoms with Crippen LogP contribution in [-0.4, -0.2) is 22.3 Å². The van der Waals surface area contributed by atoms with E-state index in [9.17, 15) is 19.7 Å². The minimum Gasteiger partial charge on any atom is -0.365 e. The van der Waals surface area contributed by atoms with E-state index in [1.807, 2.05) is 13.8 Å². The highest BCUT2D eigenvalue weighted by Gasteiger charge is 2.41. The van der Waals surface area contributed by atoms with Crippen molar-refractivity contribution in [2.24, 2.45) is 5.73 Å². The predicted octanol–water partition coefficient (Wildman–Crippen LogP) is 3.17. The Kier molecular flexibility index (Phi) is 4.76. The van der Waals surface area contributed by atoms with Gasteiger partial charge in [0.25, 0.3) is 17.5 Å². The van der Waals surface area contributed by atoms with Crippen molar-refractivity contribution >= 4 is 33.8 Å². The van der Waals surface area contributed by atoms with Crippen LogP contribution in [0.3, 0.4) is 0 Å². The lowest BCUT2D eigenvalue weighted by molar-refractivity contribution is -0.384. The van der Waals surface area contributed by atoms with E-state index in [4.69, 9.17) is 5.73 Å². The molecule has 1 aliphatic heterocycles. The van der Waals surface area contributed by atoms with E-state index in [0.29, 0.717) is 17.0 Å². The van der Waals surface area contributed by atoms with Crippen LogP contribution in [-0.2, 0) is 12.0 Å². The molecule has 0 saturated heterocycles. The number of amides is 2. The fourth-order valence-corrected chi connectivity index (χ4v) is 5.06. The van der Waals surface area contributed by atoms with Crippen molar-refractivity contribution in [3.05, 3.63) is 55.9 Å². The number of benzene rings is 1. The molecule has 2 amide bonds. The van der Waals surface area contributed by atoms with Crippen molar-refractivity contribution in [3.63, 3.8) is 0 Å². The number of hydrogen-bond acceptors (Lipinski definition) is 6. The quantitative estimate of drug-likeness (QED) is 0.535. The van der Waals surface area contributed by atoms with Crippen LogP contribution >= 0.6 is 11.3 Å². The molecular formula is C19H22N4O4S. The lowest BCUT2D eigenvalue weighted by Crippen LogP contribution is -2.55. The summed E-state index contributed by atoms with van der Waals surface area (Å²) in [6.45, 7) is 8.15. The van der Waals surface area contributed by atoms with Gasteiger partial charge in [-0.2, -0.15) is 0 Å². The molecule has 0 aliphatic carbocycles. The zero-order chi connectivity index (χ0) is 20.9. The van der Waals surface area contributed by atoms with Crippen molar-refractivity contribution in [2.75, 3.05) is 5.32 Å². The van der Waals surface area contributed by atoms with Crippen LogP contribution in [0, 0.1) is 10.1 Å². The molecule has 0 saturated carbocycles. The summed E-state index contributed by atoms with van der Waals surface area (Å²) in [6.07, 6.45) is 0.605. The Morgan fingerprint density at radius 2 is 1.82 bits per heavy atom. The number of nitrogens with two attached hydrogens (primary N) is 1. The van der Waals surface area contributed by atoms with Crippen LogP contribution in [0.5, 0.6) is 0 Å². The number of primary amides is 1. The van der Waals surface area contributed by atoms with Crippen LogP contribution in [0.25, 0.3) is 0 Å². The minimum absolute atomic E-state index is 0.101. The van der Waals surface area contributed by atoms with Crippen LogP contribution < -0.4 is 16.4 Å². The highest BCUT2D eigenvalue weighted by molar-refractivity contribution is 7.17. The van der Waals surface area contributed by atoms with Crippen LogP contribution in [0.4, 0.5) is 10.7 Å². The molecule has 0 radical (unpaired) electrons. The Hall–Kier alpha value is -2.78. The normalized spacial score (nSPS) is 16.9. The standard InChI is InChI=1S/C19H22N4O4S/c1-18(2)9-12-13(15(20)24)17(28-14(12)19(3,4)22-18)21-16(25)10-5-7-11(8-6-10)23(26)27/h5-8,22H,9H2,1-4H3,(H2,20,24)(H,21,25). The summed E-state index contributed by atoms with van der Waals surface area (Å²) < 4.78 is 0. The van der Waals surface area contributed by atoms with Gasteiger partial charge in [-0.25, -0.2) is 0 Å². The van der Waals surface area contributed by atoms with E-state index >= 15 is 0 Å². The van der Waals surface area contributed by atoms with Gasteiger partial charge in [0.1, 0.15) is 5.00 Å². The summed E-state index contributed by atoms with van der Waals surface area (Å²) in [5.41, 5.74) is 6.36. The summed E-state index contributed by atoms with van der Waals surface area (Å²) in [5.74, 6) is -1.05. The Bertz CT molecular complexity index is 977. The number of nitrogens with one attached hydrogen (secondary N) is 2. The van der Waals surface area contributed by atoms with E-state index in [1.54, 1.807) is 0 Å². The molecule has 4 N–H and O–H groups in total. The van der Waals surface area contributed by atoms with Gasteiger partial charge in [0.15, 0.2) is 0 Å². The molecule has 0 fully saturated rings. The number of anilines is 1. The highest BCUT2D eigenvalue weighted by Crippen LogP contribution is 2.45. The topological polar surface area (TPSA) is 127 Å². The number of fused-ring (bicyclic) bond motifs is 1. The Morgan fingerprint density at radius 3 is 2.36 bits per heavy atom. The second-order valence-corrected chi connectivity index (χ2v) is 9.07. The number of nitrogens with zero attached hydrogens (tertiary/aromatic N) is 1.